The largest absolute Gasteiger partial charge is 0.387 e. The fourth-order valence-corrected chi connectivity index (χ4v) is 1.67. The summed E-state index contributed by atoms with van der Waals surface area (Å²) in [5.74, 6) is 0. The Morgan fingerprint density at radius 2 is 2.21 bits per heavy atom. The van der Waals surface area contributed by atoms with Crippen molar-refractivity contribution in [1.82, 2.24) is 10.3 Å². The predicted molar refractivity (Wildman–Crippen MR) is 57.2 cm³/mol. The smallest absolute Gasteiger partial charge is 0.0934 e. The topological polar surface area (TPSA) is 48.0 Å². The van der Waals surface area contributed by atoms with Crippen LogP contribution in [0.5, 0.6) is 0 Å². The fraction of sp³-hybridized carbons (Fsp3) is 0.273. The van der Waals surface area contributed by atoms with Gasteiger partial charge in [0.05, 0.1) is 6.10 Å². The van der Waals surface area contributed by atoms with Gasteiger partial charge < -0.3 is 15.4 Å². The Morgan fingerprint density at radius 3 is 3.00 bits per heavy atom. The second kappa shape index (κ2) is 3.82. The minimum absolute atomic E-state index is 0.448. The van der Waals surface area contributed by atoms with Crippen molar-refractivity contribution in [3.8, 4) is 0 Å². The third-order valence-corrected chi connectivity index (χ3v) is 2.38. The van der Waals surface area contributed by atoms with E-state index in [1.807, 2.05) is 37.5 Å². The normalized spacial score (nSPS) is 13.3. The molecule has 0 unspecified atom stereocenters. The van der Waals surface area contributed by atoms with Crippen LogP contribution in [0, 0.1) is 0 Å². The molecule has 3 heteroatoms. The molecule has 1 atom stereocenters. The first-order valence-corrected chi connectivity index (χ1v) is 4.71. The maximum Gasteiger partial charge on any atom is 0.0934 e. The lowest BCUT2D eigenvalue weighted by atomic mass is 10.1. The minimum Gasteiger partial charge on any atom is -0.387 e. The average Bonchev–Trinajstić information content (AvgIpc) is 2.61. The number of hydrogen-bond acceptors (Lipinski definition) is 2. The van der Waals surface area contributed by atoms with Crippen LogP contribution in [0.1, 0.15) is 11.7 Å². The Labute approximate surface area is 82.8 Å². The van der Waals surface area contributed by atoms with E-state index in [1.165, 1.54) is 0 Å². The van der Waals surface area contributed by atoms with E-state index >= 15 is 0 Å². The van der Waals surface area contributed by atoms with E-state index in [1.54, 1.807) is 0 Å². The van der Waals surface area contributed by atoms with Gasteiger partial charge in [-0.2, -0.15) is 0 Å². The zero-order chi connectivity index (χ0) is 9.97. The zero-order valence-electron chi connectivity index (χ0n) is 8.12. The van der Waals surface area contributed by atoms with Crippen LogP contribution in [0.25, 0.3) is 10.9 Å². The fourth-order valence-electron chi connectivity index (χ4n) is 1.67. The molecule has 1 aromatic heterocycles. The van der Waals surface area contributed by atoms with E-state index in [9.17, 15) is 5.11 Å². The lowest BCUT2D eigenvalue weighted by molar-refractivity contribution is 0.179. The van der Waals surface area contributed by atoms with Crippen molar-refractivity contribution >= 4 is 10.9 Å². The molecule has 14 heavy (non-hydrogen) atoms. The third kappa shape index (κ3) is 1.52. The monoisotopic (exact) mass is 190 g/mol. The molecule has 3 nitrogen and oxygen atoms in total. The molecule has 3 N–H and O–H groups in total. The number of aromatic amines is 1. The van der Waals surface area contributed by atoms with Gasteiger partial charge in [0.25, 0.3) is 0 Å². The molecular formula is C11H14N2O. The van der Waals surface area contributed by atoms with E-state index in [2.05, 4.69) is 10.3 Å². The molecule has 2 aromatic rings. The molecule has 0 aliphatic rings. The van der Waals surface area contributed by atoms with Crippen molar-refractivity contribution in [2.45, 2.75) is 6.10 Å². The summed E-state index contributed by atoms with van der Waals surface area (Å²) in [7, 11) is 1.83. The van der Waals surface area contributed by atoms with Gasteiger partial charge in [0.1, 0.15) is 0 Å². The van der Waals surface area contributed by atoms with Crippen molar-refractivity contribution in [3.05, 3.63) is 36.0 Å². The standard InChI is InChI=1S/C11H14N2O/c1-12-7-11(14)9-6-13-10-5-3-2-4-8(9)10/h2-6,11-14H,7H2,1H3/t11-/m0/s1. The molecule has 0 radical (unpaired) electrons. The van der Waals surface area contributed by atoms with E-state index in [4.69, 9.17) is 0 Å². The molecule has 0 amide bonds. The molecule has 1 aromatic carbocycles. The highest BCUT2D eigenvalue weighted by atomic mass is 16.3. The first-order valence-electron chi connectivity index (χ1n) is 4.71. The van der Waals surface area contributed by atoms with Crippen molar-refractivity contribution in [2.24, 2.45) is 0 Å². The molecule has 1 heterocycles. The zero-order valence-corrected chi connectivity index (χ0v) is 8.12. The Morgan fingerprint density at radius 1 is 1.43 bits per heavy atom. The molecule has 0 saturated heterocycles. The van der Waals surface area contributed by atoms with Crippen LogP contribution < -0.4 is 5.32 Å². The number of aromatic nitrogens is 1. The molecule has 0 fully saturated rings. The molecule has 2 rings (SSSR count). The van der Waals surface area contributed by atoms with Crippen LogP contribution >= 0.6 is 0 Å². The van der Waals surface area contributed by atoms with E-state index < -0.39 is 6.10 Å². The number of para-hydroxylation sites is 1. The van der Waals surface area contributed by atoms with Gasteiger partial charge in [-0.3, -0.25) is 0 Å². The summed E-state index contributed by atoms with van der Waals surface area (Å²) in [5.41, 5.74) is 2.02. The van der Waals surface area contributed by atoms with Crippen molar-refractivity contribution < 1.29 is 5.11 Å². The van der Waals surface area contributed by atoms with E-state index in [0.717, 1.165) is 16.5 Å². The Balaban J connectivity index is 2.42. The highest BCUT2D eigenvalue weighted by molar-refractivity contribution is 5.83. The molecule has 0 aliphatic carbocycles. The first-order chi connectivity index (χ1) is 6.83. The minimum atomic E-state index is -0.448. The summed E-state index contributed by atoms with van der Waals surface area (Å²) in [6.07, 6.45) is 1.42. The number of rotatable bonds is 3. The van der Waals surface area contributed by atoms with Crippen LogP contribution in [-0.2, 0) is 0 Å². The second-order valence-corrected chi connectivity index (χ2v) is 3.36. The van der Waals surface area contributed by atoms with Crippen LogP contribution in [0.15, 0.2) is 30.5 Å². The first kappa shape index (κ1) is 9.24. The number of benzene rings is 1. The van der Waals surface area contributed by atoms with Gasteiger partial charge in [0.15, 0.2) is 0 Å². The maximum atomic E-state index is 9.82. The Bertz CT molecular complexity index is 422. The van der Waals surface area contributed by atoms with Gasteiger partial charge in [0.2, 0.25) is 0 Å². The predicted octanol–water partition coefficient (Wildman–Crippen LogP) is 1.42. The van der Waals surface area contributed by atoms with Gasteiger partial charge >= 0.3 is 0 Å². The summed E-state index contributed by atoms with van der Waals surface area (Å²) >= 11 is 0. The molecule has 0 aliphatic heterocycles. The van der Waals surface area contributed by atoms with E-state index in [0.29, 0.717) is 6.54 Å². The molecule has 0 spiro atoms. The summed E-state index contributed by atoms with van der Waals surface area (Å²) in [5, 5.41) is 13.9. The number of nitrogens with one attached hydrogen (secondary N) is 2. The van der Waals surface area contributed by atoms with Crippen LogP contribution in [0.4, 0.5) is 0 Å². The SMILES string of the molecule is CNC[C@H](O)c1c[nH]c2ccccc12. The van der Waals surface area contributed by atoms with Crippen molar-refractivity contribution in [1.29, 1.82) is 0 Å². The quantitative estimate of drug-likeness (QED) is 0.685. The number of likely N-dealkylation sites (N-methyl/N-ethyl adjacent to an activating group) is 1. The number of aliphatic hydroxyl groups excluding tert-OH is 1. The lowest BCUT2D eigenvalue weighted by Gasteiger charge is -2.08. The highest BCUT2D eigenvalue weighted by Crippen LogP contribution is 2.23. The molecular weight excluding hydrogens is 176 g/mol. The van der Waals surface area contributed by atoms with Crippen LogP contribution in [0.3, 0.4) is 0 Å². The Hall–Kier alpha value is -1.32. The van der Waals surface area contributed by atoms with Crippen LogP contribution in [0.2, 0.25) is 0 Å². The van der Waals surface area contributed by atoms with Gasteiger partial charge in [-0.05, 0) is 13.1 Å². The van der Waals surface area contributed by atoms with Gasteiger partial charge in [-0.25, -0.2) is 0 Å². The van der Waals surface area contributed by atoms with Gasteiger partial charge in [0, 0.05) is 29.2 Å². The summed E-state index contributed by atoms with van der Waals surface area (Å²) in [4.78, 5) is 3.14. The van der Waals surface area contributed by atoms with Gasteiger partial charge in [-0.1, -0.05) is 18.2 Å². The number of hydrogen-bond donors (Lipinski definition) is 3. The highest BCUT2D eigenvalue weighted by Gasteiger charge is 2.10. The van der Waals surface area contributed by atoms with Crippen LogP contribution in [-0.4, -0.2) is 23.7 Å². The molecule has 74 valence electrons. The van der Waals surface area contributed by atoms with Crippen molar-refractivity contribution in [2.75, 3.05) is 13.6 Å². The van der Waals surface area contributed by atoms with Gasteiger partial charge in [-0.15, -0.1) is 0 Å². The molecule has 0 saturated carbocycles. The summed E-state index contributed by atoms with van der Waals surface area (Å²) in [6.45, 7) is 0.571. The second-order valence-electron chi connectivity index (χ2n) is 3.36. The number of H-pyrrole nitrogens is 1. The summed E-state index contributed by atoms with van der Waals surface area (Å²) in [6, 6.07) is 7.98. The Kier molecular flexibility index (Phi) is 2.52. The maximum absolute atomic E-state index is 9.82. The summed E-state index contributed by atoms with van der Waals surface area (Å²) < 4.78 is 0. The third-order valence-electron chi connectivity index (χ3n) is 2.38. The number of fused-ring (bicyclic) bond motifs is 1. The molecule has 0 bridgehead atoms. The number of aliphatic hydroxyl groups is 1. The lowest BCUT2D eigenvalue weighted by Crippen LogP contribution is -2.16. The van der Waals surface area contributed by atoms with Crippen molar-refractivity contribution in [3.63, 3.8) is 0 Å². The van der Waals surface area contributed by atoms with E-state index in [-0.39, 0.29) is 0 Å². The average molecular weight is 190 g/mol.